The van der Waals surface area contributed by atoms with Gasteiger partial charge in [0.1, 0.15) is 0 Å². The number of hydrogen-bond donors (Lipinski definition) is 0. The average molecular weight is 679 g/mol. The molecule has 2 unspecified atom stereocenters. The van der Waals surface area contributed by atoms with Crippen LogP contribution in [-0.4, -0.2) is 0 Å². The Bertz CT molecular complexity index is 626. The highest BCUT2D eigenvalue weighted by Crippen LogP contribution is 2.29. The number of rotatable bonds is 15. The summed E-state index contributed by atoms with van der Waals surface area (Å²) in [5.41, 5.74) is 6.89. The topological polar surface area (TPSA) is 0 Å². The summed E-state index contributed by atoms with van der Waals surface area (Å²) < 4.78 is 0. The van der Waals surface area contributed by atoms with Crippen LogP contribution in [0.5, 0.6) is 0 Å². The van der Waals surface area contributed by atoms with Gasteiger partial charge in [-0.15, -0.1) is 0 Å². The highest BCUT2D eigenvalue weighted by molar-refractivity contribution is 5.05. The maximum Gasteiger partial charge on any atom is -0.0231 e. The van der Waals surface area contributed by atoms with Crippen molar-refractivity contribution in [3.05, 3.63) is 47.6 Å². The Kier molecular flexibility index (Phi) is 95.5. The van der Waals surface area contributed by atoms with Crippen molar-refractivity contribution in [2.75, 3.05) is 0 Å². The van der Waals surface area contributed by atoms with Gasteiger partial charge in [0.25, 0.3) is 0 Å². The molecule has 0 aromatic carbocycles. The molecule has 0 fully saturated rings. The molecule has 302 valence electrons. The Morgan fingerprint density at radius 1 is 0.511 bits per heavy atom. The second-order valence-electron chi connectivity index (χ2n) is 13.4. The predicted octanol–water partition coefficient (Wildman–Crippen LogP) is 20.3. The molecule has 0 aromatic rings. The second-order valence-corrected chi connectivity index (χ2v) is 13.4. The zero-order chi connectivity index (χ0) is 27.7. The quantitative estimate of drug-likeness (QED) is 0.151. The van der Waals surface area contributed by atoms with Gasteiger partial charge in [0.05, 0.1) is 0 Å². The van der Waals surface area contributed by atoms with Gasteiger partial charge in [-0.1, -0.05) is 213 Å². The third kappa shape index (κ3) is 60.7. The van der Waals surface area contributed by atoms with E-state index in [1.54, 1.807) is 5.57 Å². The first kappa shape index (κ1) is 91.0. The minimum atomic E-state index is 0. The van der Waals surface area contributed by atoms with Crippen molar-refractivity contribution in [1.82, 2.24) is 0 Å². The van der Waals surface area contributed by atoms with Crippen LogP contribution >= 0.6 is 0 Å². The predicted molar refractivity (Wildman–Crippen MR) is 246 cm³/mol. The maximum atomic E-state index is 4.29. The molecule has 0 heteroatoms. The van der Waals surface area contributed by atoms with Crippen molar-refractivity contribution in [3.8, 4) is 0 Å². The van der Waals surface area contributed by atoms with Gasteiger partial charge in [-0.3, -0.25) is 0 Å². The van der Waals surface area contributed by atoms with Crippen LogP contribution in [-0.2, 0) is 0 Å². The molecule has 0 rings (SSSR count). The van der Waals surface area contributed by atoms with Gasteiger partial charge in [-0.2, -0.15) is 0 Å². The summed E-state index contributed by atoms with van der Waals surface area (Å²) in [6, 6.07) is 0. The van der Waals surface area contributed by atoms with E-state index < -0.39 is 0 Å². The number of allylic oxidation sites excluding steroid dienone is 6. The van der Waals surface area contributed by atoms with E-state index in [1.165, 1.54) is 80.9 Å². The van der Waals surface area contributed by atoms with E-state index in [0.29, 0.717) is 22.7 Å². The van der Waals surface area contributed by atoms with Gasteiger partial charge in [0.15, 0.2) is 0 Å². The molecule has 0 aliphatic carbocycles. The molecule has 0 heterocycles. The van der Waals surface area contributed by atoms with Gasteiger partial charge in [-0.25, -0.2) is 0 Å². The van der Waals surface area contributed by atoms with E-state index in [4.69, 9.17) is 0 Å². The Hall–Kier alpha value is -1.04. The highest BCUT2D eigenvalue weighted by Gasteiger charge is 2.14. The van der Waals surface area contributed by atoms with E-state index in [1.807, 2.05) is 0 Å². The first-order chi connectivity index (χ1) is 16.1. The summed E-state index contributed by atoms with van der Waals surface area (Å²) >= 11 is 0. The minimum absolute atomic E-state index is 0. The molecule has 2 atom stereocenters. The van der Waals surface area contributed by atoms with Gasteiger partial charge >= 0.3 is 0 Å². The van der Waals surface area contributed by atoms with Crippen molar-refractivity contribution >= 4 is 0 Å². The summed E-state index contributed by atoms with van der Waals surface area (Å²) in [6.45, 7) is 36.0. The molecule has 47 heavy (non-hydrogen) atoms. The monoisotopic (exact) mass is 679 g/mol. The van der Waals surface area contributed by atoms with Crippen LogP contribution in [0.15, 0.2) is 47.6 Å². The van der Waals surface area contributed by atoms with Gasteiger partial charge in [-0.05, 0) is 100 Å². The molecule has 0 N–H and O–H groups in total. The van der Waals surface area contributed by atoms with Crippen LogP contribution in [0, 0.1) is 22.7 Å². The summed E-state index contributed by atoms with van der Waals surface area (Å²) in [6.07, 6.45) is 18.1. The molecule has 0 aliphatic rings. The third-order valence-electron chi connectivity index (χ3n) is 7.16. The fraction of sp³-hybridized carbons (Fsp3) is 0.830. The van der Waals surface area contributed by atoms with Crippen molar-refractivity contribution in [3.63, 3.8) is 0 Å². The molecule has 0 amide bonds. The second kappa shape index (κ2) is 49.3. The normalized spacial score (nSPS) is 11.0. The molecular weight excluding hydrogens is 565 g/mol. The van der Waals surface area contributed by atoms with Crippen molar-refractivity contribution < 1.29 is 0 Å². The molecule has 0 aliphatic heterocycles. The smallest absolute Gasteiger partial charge is 0.0231 e. The summed E-state index contributed by atoms with van der Waals surface area (Å²) in [5.74, 6) is 1.33. The minimum Gasteiger partial charge on any atom is -0.0996 e. The number of hydrogen-bond acceptors (Lipinski definition) is 0. The Morgan fingerprint density at radius 2 is 0.809 bits per heavy atom. The van der Waals surface area contributed by atoms with Crippen LogP contribution in [0.3, 0.4) is 0 Å². The lowest BCUT2D eigenvalue weighted by molar-refractivity contribution is 0.369. The van der Waals surface area contributed by atoms with Crippen LogP contribution < -0.4 is 0 Å². The van der Waals surface area contributed by atoms with Crippen molar-refractivity contribution in [1.29, 1.82) is 0 Å². The molecule has 0 nitrogen and oxygen atoms in total. The van der Waals surface area contributed by atoms with Gasteiger partial charge in [0, 0.05) is 0 Å². The SMILES string of the molecule is C.C.C.C.C.C.C.C.C.C.C.C.C=C(CCC(C)(C)C)C(C)CCC(=CCC)CC.C=C(CCC(C)(C)C)C(C)CCC(C)=CCC. The lowest BCUT2D eigenvalue weighted by Gasteiger charge is -2.21. The zero-order valence-electron chi connectivity index (χ0n) is 26.5. The third-order valence-corrected chi connectivity index (χ3v) is 7.16. The zero-order valence-corrected chi connectivity index (χ0v) is 26.5. The Balaban J connectivity index is -0.0000000308. The first-order valence-electron chi connectivity index (χ1n) is 14.7. The molecule has 0 bridgehead atoms. The molecule has 0 saturated heterocycles. The molecule has 0 spiro atoms. The molecule has 0 radical (unpaired) electrons. The fourth-order valence-corrected chi connectivity index (χ4v) is 3.98. The maximum absolute atomic E-state index is 4.29. The average Bonchev–Trinajstić information content (AvgIpc) is 2.76. The van der Waals surface area contributed by atoms with Crippen molar-refractivity contribution in [2.24, 2.45) is 22.7 Å². The lowest BCUT2D eigenvalue weighted by atomic mass is 9.84. The van der Waals surface area contributed by atoms with Crippen LogP contribution in [0.4, 0.5) is 0 Å². The van der Waals surface area contributed by atoms with E-state index >= 15 is 0 Å². The van der Waals surface area contributed by atoms with E-state index in [0.717, 1.165) is 6.42 Å². The summed E-state index contributed by atoms with van der Waals surface area (Å²) in [4.78, 5) is 0. The molecule has 0 saturated carbocycles. The fourth-order valence-electron chi connectivity index (χ4n) is 3.98. The lowest BCUT2D eigenvalue weighted by Crippen LogP contribution is -2.07. The molecular formula is C47H114. The van der Waals surface area contributed by atoms with Crippen LogP contribution in [0.1, 0.15) is 243 Å². The van der Waals surface area contributed by atoms with Gasteiger partial charge in [0.2, 0.25) is 0 Å². The Labute approximate surface area is 312 Å². The summed E-state index contributed by atoms with van der Waals surface area (Å²) in [5, 5.41) is 0. The van der Waals surface area contributed by atoms with E-state index in [-0.39, 0.29) is 89.1 Å². The van der Waals surface area contributed by atoms with Crippen LogP contribution in [0.25, 0.3) is 0 Å². The largest absolute Gasteiger partial charge is 0.0996 e. The van der Waals surface area contributed by atoms with E-state index in [2.05, 4.69) is 108 Å². The summed E-state index contributed by atoms with van der Waals surface area (Å²) in [7, 11) is 0. The van der Waals surface area contributed by atoms with E-state index in [9.17, 15) is 0 Å². The Morgan fingerprint density at radius 3 is 1.06 bits per heavy atom. The molecule has 0 aromatic heterocycles. The standard InChI is InChI=1S/C18H34.C17H32.12CH4/c1-8-10-17(9-2)12-11-15(3)16(4)13-14-18(5,6)7;1-8-9-14(2)10-11-15(3)16(4)12-13-17(5,6)7;;;;;;;;;;;;/h10,15H,4,8-9,11-14H2,1-3,5-7H3;9,15H,4,8,10-13H2,1-3,5-7H3;12*1H4. The van der Waals surface area contributed by atoms with Crippen molar-refractivity contribution in [2.45, 2.75) is 243 Å². The van der Waals surface area contributed by atoms with Crippen LogP contribution in [0.2, 0.25) is 0 Å². The highest BCUT2D eigenvalue weighted by atomic mass is 14.2. The van der Waals surface area contributed by atoms with Gasteiger partial charge < -0.3 is 0 Å². The first-order valence-corrected chi connectivity index (χ1v) is 14.7.